The van der Waals surface area contributed by atoms with Gasteiger partial charge in [0.1, 0.15) is 11.6 Å². The van der Waals surface area contributed by atoms with Gasteiger partial charge in [-0.1, -0.05) is 0 Å². The Balaban J connectivity index is 2.37. The van der Waals surface area contributed by atoms with Crippen molar-refractivity contribution >= 4 is 11.8 Å². The first-order valence-corrected chi connectivity index (χ1v) is 6.69. The van der Waals surface area contributed by atoms with Gasteiger partial charge < -0.3 is 5.32 Å². The van der Waals surface area contributed by atoms with Gasteiger partial charge in [0.15, 0.2) is 0 Å². The lowest BCUT2D eigenvalue weighted by atomic mass is 9.89. The highest BCUT2D eigenvalue weighted by atomic mass is 32.2. The van der Waals surface area contributed by atoms with E-state index in [1.54, 1.807) is 0 Å². The Morgan fingerprint density at radius 1 is 1.25 bits per heavy atom. The molecule has 1 nitrogen and oxygen atoms in total. The maximum atomic E-state index is 14.0. The largest absolute Gasteiger partial charge is 0.317 e. The zero-order valence-electron chi connectivity index (χ0n) is 9.22. The van der Waals surface area contributed by atoms with Crippen molar-refractivity contribution in [2.24, 2.45) is 0 Å². The van der Waals surface area contributed by atoms with E-state index < -0.39 is 5.82 Å². The van der Waals surface area contributed by atoms with Crippen LogP contribution in [0.2, 0.25) is 0 Å². The number of piperidine rings is 1. The predicted octanol–water partition coefficient (Wildman–Crippen LogP) is 3.15. The summed E-state index contributed by atoms with van der Waals surface area (Å²) in [5, 5.41) is 3.20. The Morgan fingerprint density at radius 3 is 2.56 bits per heavy atom. The molecular formula is C12H15F2NS. The maximum Gasteiger partial charge on any atom is 0.143 e. The lowest BCUT2D eigenvalue weighted by molar-refractivity contribution is 0.422. The fourth-order valence-electron chi connectivity index (χ4n) is 2.19. The SMILES string of the molecule is CSc1ccc(F)c(C2CCNCC2)c1F. The van der Waals surface area contributed by atoms with E-state index >= 15 is 0 Å². The first-order chi connectivity index (χ1) is 7.74. The van der Waals surface area contributed by atoms with Gasteiger partial charge in [0.2, 0.25) is 0 Å². The molecular weight excluding hydrogens is 228 g/mol. The Bertz CT molecular complexity index is 376. The first kappa shape index (κ1) is 11.9. The Kier molecular flexibility index (Phi) is 3.82. The molecule has 1 aliphatic heterocycles. The van der Waals surface area contributed by atoms with Crippen LogP contribution in [0, 0.1) is 11.6 Å². The van der Waals surface area contributed by atoms with E-state index in [4.69, 9.17) is 0 Å². The third-order valence-corrected chi connectivity index (χ3v) is 3.81. The van der Waals surface area contributed by atoms with Crippen LogP contribution in [0.15, 0.2) is 17.0 Å². The van der Waals surface area contributed by atoms with Crippen LogP contribution in [-0.2, 0) is 0 Å². The van der Waals surface area contributed by atoms with Crippen LogP contribution in [0.1, 0.15) is 24.3 Å². The van der Waals surface area contributed by atoms with Crippen molar-refractivity contribution in [1.29, 1.82) is 0 Å². The fourth-order valence-corrected chi connectivity index (χ4v) is 2.69. The van der Waals surface area contributed by atoms with Crippen LogP contribution < -0.4 is 5.32 Å². The fraction of sp³-hybridized carbons (Fsp3) is 0.500. The molecule has 1 N–H and O–H groups in total. The molecule has 0 aromatic heterocycles. The van der Waals surface area contributed by atoms with Crippen molar-refractivity contribution < 1.29 is 8.78 Å². The third-order valence-electron chi connectivity index (χ3n) is 3.06. The van der Waals surface area contributed by atoms with Crippen molar-refractivity contribution in [3.05, 3.63) is 29.3 Å². The van der Waals surface area contributed by atoms with Gasteiger partial charge in [0.25, 0.3) is 0 Å². The Morgan fingerprint density at radius 2 is 1.94 bits per heavy atom. The van der Waals surface area contributed by atoms with Crippen LogP contribution in [-0.4, -0.2) is 19.3 Å². The highest BCUT2D eigenvalue weighted by Crippen LogP contribution is 2.33. The standard InChI is InChI=1S/C12H15F2NS/c1-16-10-3-2-9(13)11(12(10)14)8-4-6-15-7-5-8/h2-3,8,15H,4-7H2,1H3. The summed E-state index contributed by atoms with van der Waals surface area (Å²) in [6, 6.07) is 2.90. The zero-order chi connectivity index (χ0) is 11.5. The minimum Gasteiger partial charge on any atom is -0.317 e. The van der Waals surface area contributed by atoms with Gasteiger partial charge in [-0.05, 0) is 50.2 Å². The van der Waals surface area contributed by atoms with Crippen LogP contribution >= 0.6 is 11.8 Å². The van der Waals surface area contributed by atoms with Crippen molar-refractivity contribution in [2.75, 3.05) is 19.3 Å². The molecule has 88 valence electrons. The van der Waals surface area contributed by atoms with E-state index in [9.17, 15) is 8.78 Å². The minimum atomic E-state index is -0.401. The van der Waals surface area contributed by atoms with Crippen LogP contribution in [0.3, 0.4) is 0 Å². The summed E-state index contributed by atoms with van der Waals surface area (Å²) in [6.07, 6.45) is 3.43. The molecule has 1 heterocycles. The molecule has 1 aliphatic rings. The monoisotopic (exact) mass is 243 g/mol. The average molecular weight is 243 g/mol. The van der Waals surface area contributed by atoms with E-state index in [1.165, 1.54) is 23.9 Å². The molecule has 1 aromatic carbocycles. The molecule has 4 heteroatoms. The Labute approximate surface area is 98.6 Å². The molecule has 0 atom stereocenters. The van der Waals surface area contributed by atoms with Gasteiger partial charge in [-0.25, -0.2) is 8.78 Å². The third kappa shape index (κ3) is 2.23. The number of thioether (sulfide) groups is 1. The molecule has 0 amide bonds. The molecule has 1 saturated heterocycles. The molecule has 0 saturated carbocycles. The van der Waals surface area contributed by atoms with Gasteiger partial charge >= 0.3 is 0 Å². The van der Waals surface area contributed by atoms with Crippen LogP contribution in [0.5, 0.6) is 0 Å². The summed E-state index contributed by atoms with van der Waals surface area (Å²) in [7, 11) is 0. The maximum absolute atomic E-state index is 14.0. The molecule has 16 heavy (non-hydrogen) atoms. The first-order valence-electron chi connectivity index (χ1n) is 5.46. The van der Waals surface area contributed by atoms with Crippen molar-refractivity contribution in [3.63, 3.8) is 0 Å². The topological polar surface area (TPSA) is 12.0 Å². The molecule has 0 unspecified atom stereocenters. The van der Waals surface area contributed by atoms with Crippen molar-refractivity contribution in [2.45, 2.75) is 23.7 Å². The highest BCUT2D eigenvalue weighted by molar-refractivity contribution is 7.98. The van der Waals surface area contributed by atoms with Crippen LogP contribution in [0.4, 0.5) is 8.78 Å². The summed E-state index contributed by atoms with van der Waals surface area (Å²) < 4.78 is 27.7. The quantitative estimate of drug-likeness (QED) is 0.801. The molecule has 0 radical (unpaired) electrons. The average Bonchev–Trinajstić information content (AvgIpc) is 2.31. The van der Waals surface area contributed by atoms with E-state index in [-0.39, 0.29) is 17.3 Å². The zero-order valence-corrected chi connectivity index (χ0v) is 10.0. The highest BCUT2D eigenvalue weighted by Gasteiger charge is 2.23. The van der Waals surface area contributed by atoms with Gasteiger partial charge in [-0.15, -0.1) is 11.8 Å². The minimum absolute atomic E-state index is 0.0216. The lowest BCUT2D eigenvalue weighted by Gasteiger charge is -2.24. The summed E-state index contributed by atoms with van der Waals surface area (Å²) in [4.78, 5) is 0.537. The normalized spacial score (nSPS) is 17.7. The van der Waals surface area contributed by atoms with E-state index in [1.807, 2.05) is 6.26 Å². The lowest BCUT2D eigenvalue weighted by Crippen LogP contribution is -2.27. The van der Waals surface area contributed by atoms with Crippen LogP contribution in [0.25, 0.3) is 0 Å². The second-order valence-corrected chi connectivity index (χ2v) is 4.85. The number of hydrogen-bond donors (Lipinski definition) is 1. The number of hydrogen-bond acceptors (Lipinski definition) is 2. The number of rotatable bonds is 2. The number of halogens is 2. The summed E-state index contributed by atoms with van der Waals surface area (Å²) in [5.74, 6) is -0.741. The van der Waals surface area contributed by atoms with Gasteiger partial charge in [-0.3, -0.25) is 0 Å². The summed E-state index contributed by atoms with van der Waals surface area (Å²) in [6.45, 7) is 1.68. The summed E-state index contributed by atoms with van der Waals surface area (Å²) in [5.41, 5.74) is 0.286. The van der Waals surface area contributed by atoms with Crippen molar-refractivity contribution in [3.8, 4) is 0 Å². The second kappa shape index (κ2) is 5.15. The molecule has 1 aromatic rings. The van der Waals surface area contributed by atoms with Gasteiger partial charge in [-0.2, -0.15) is 0 Å². The summed E-state index contributed by atoms with van der Waals surface area (Å²) >= 11 is 1.32. The smallest absolute Gasteiger partial charge is 0.143 e. The molecule has 2 rings (SSSR count). The number of nitrogens with one attached hydrogen (secondary N) is 1. The Hall–Kier alpha value is -0.610. The molecule has 0 bridgehead atoms. The molecule has 0 spiro atoms. The van der Waals surface area contributed by atoms with E-state index in [0.29, 0.717) is 4.90 Å². The van der Waals surface area contributed by atoms with Gasteiger partial charge in [0.05, 0.1) is 0 Å². The van der Waals surface area contributed by atoms with Gasteiger partial charge in [0, 0.05) is 10.5 Å². The number of benzene rings is 1. The van der Waals surface area contributed by atoms with E-state index in [2.05, 4.69) is 5.32 Å². The van der Waals surface area contributed by atoms with Crippen molar-refractivity contribution in [1.82, 2.24) is 5.32 Å². The predicted molar refractivity (Wildman–Crippen MR) is 63.0 cm³/mol. The second-order valence-electron chi connectivity index (χ2n) is 4.00. The molecule has 1 fully saturated rings. The molecule has 0 aliphatic carbocycles. The van der Waals surface area contributed by atoms with E-state index in [0.717, 1.165) is 25.9 Å².